The fraction of sp³-hybridized carbons (Fsp3) is 0.526. The van der Waals surface area contributed by atoms with E-state index in [1.807, 2.05) is 37.7 Å². The average Bonchev–Trinajstić information content (AvgIpc) is 2.77. The highest BCUT2D eigenvalue weighted by Gasteiger charge is 2.22. The monoisotopic (exact) mass is 363 g/mol. The molecular weight excluding hydrogens is 334 g/mol. The van der Waals surface area contributed by atoms with Gasteiger partial charge in [-0.1, -0.05) is 32.9 Å². The number of hydrogen-bond acceptors (Lipinski definition) is 3. The van der Waals surface area contributed by atoms with Gasteiger partial charge in [-0.25, -0.2) is 12.7 Å². The van der Waals surface area contributed by atoms with Crippen LogP contribution in [-0.2, 0) is 28.9 Å². The molecule has 2 aromatic rings. The molecular formula is C19H29N3O2S. The molecule has 0 N–H and O–H groups in total. The molecule has 0 atom stereocenters. The Kier molecular flexibility index (Phi) is 5.44. The molecule has 0 spiro atoms. The first-order valence-corrected chi connectivity index (χ1v) is 9.94. The maximum absolute atomic E-state index is 12.8. The van der Waals surface area contributed by atoms with Crippen LogP contribution < -0.4 is 0 Å². The van der Waals surface area contributed by atoms with Crippen LogP contribution in [0.25, 0.3) is 0 Å². The molecule has 25 heavy (non-hydrogen) atoms. The minimum absolute atomic E-state index is 0.00353. The van der Waals surface area contributed by atoms with E-state index in [9.17, 15) is 8.42 Å². The molecule has 0 unspecified atom stereocenters. The van der Waals surface area contributed by atoms with Gasteiger partial charge in [0, 0.05) is 26.3 Å². The summed E-state index contributed by atoms with van der Waals surface area (Å²) in [5, 5.41) is 4.39. The molecule has 0 aliphatic heterocycles. The van der Waals surface area contributed by atoms with Crippen LogP contribution in [0.2, 0.25) is 0 Å². The van der Waals surface area contributed by atoms with Crippen molar-refractivity contribution in [3.8, 4) is 0 Å². The minimum atomic E-state index is -3.48. The van der Waals surface area contributed by atoms with Gasteiger partial charge in [-0.2, -0.15) is 5.10 Å². The predicted molar refractivity (Wildman–Crippen MR) is 101 cm³/mol. The van der Waals surface area contributed by atoms with E-state index in [4.69, 9.17) is 0 Å². The van der Waals surface area contributed by atoms with E-state index in [1.165, 1.54) is 4.31 Å². The lowest BCUT2D eigenvalue weighted by molar-refractivity contribution is 0.471. The molecule has 6 heteroatoms. The highest BCUT2D eigenvalue weighted by Crippen LogP contribution is 2.24. The molecule has 0 fully saturated rings. The Bertz CT molecular complexity index is 844. The van der Waals surface area contributed by atoms with E-state index >= 15 is 0 Å². The fourth-order valence-electron chi connectivity index (χ4n) is 2.88. The Morgan fingerprint density at radius 2 is 1.68 bits per heavy atom. The zero-order chi connectivity index (χ0) is 19.0. The van der Waals surface area contributed by atoms with Crippen molar-refractivity contribution >= 4 is 10.0 Å². The normalized spacial score (nSPS) is 12.8. The van der Waals surface area contributed by atoms with Crippen LogP contribution in [-0.4, -0.2) is 36.1 Å². The van der Waals surface area contributed by atoms with Crippen LogP contribution in [0.15, 0.2) is 29.2 Å². The number of likely N-dealkylation sites (N-methyl/N-ethyl adjacent to an activating group) is 1. The van der Waals surface area contributed by atoms with E-state index in [2.05, 4.69) is 25.9 Å². The predicted octanol–water partition coefficient (Wildman–Crippen LogP) is 3.20. The van der Waals surface area contributed by atoms with Crippen LogP contribution in [0.1, 0.15) is 43.3 Å². The number of aryl methyl sites for hydroxylation is 2. The lowest BCUT2D eigenvalue weighted by Crippen LogP contribution is -2.29. The van der Waals surface area contributed by atoms with Gasteiger partial charge in [0.25, 0.3) is 0 Å². The third-order valence-electron chi connectivity index (χ3n) is 4.76. The zero-order valence-electron chi connectivity index (χ0n) is 16.3. The van der Waals surface area contributed by atoms with Gasteiger partial charge in [0.2, 0.25) is 10.0 Å². The molecule has 5 nitrogen and oxygen atoms in total. The average molecular weight is 364 g/mol. The number of nitrogens with zero attached hydrogens (tertiary/aromatic N) is 3. The van der Waals surface area contributed by atoms with E-state index in [0.717, 1.165) is 22.5 Å². The molecule has 1 aromatic heterocycles. The molecule has 0 saturated carbocycles. The first-order chi connectivity index (χ1) is 11.4. The van der Waals surface area contributed by atoms with Crippen LogP contribution in [0.3, 0.4) is 0 Å². The van der Waals surface area contributed by atoms with Gasteiger partial charge in [0.15, 0.2) is 0 Å². The number of sulfonamides is 1. The molecule has 138 valence electrons. The first-order valence-electron chi connectivity index (χ1n) is 8.50. The summed E-state index contributed by atoms with van der Waals surface area (Å²) < 4.78 is 28.8. The molecule has 1 heterocycles. The van der Waals surface area contributed by atoms with Crippen molar-refractivity contribution < 1.29 is 8.42 Å². The standard InChI is InChI=1S/C19H29N3O2S/c1-14-18(15(2)22(7)20-14)12-13-21(6)25(23,24)17-10-8-16(9-11-17)19(3,4)5/h8-11H,12-13H2,1-7H3. The van der Waals surface area contributed by atoms with Gasteiger partial charge in [0.05, 0.1) is 10.6 Å². The van der Waals surface area contributed by atoms with E-state index in [-0.39, 0.29) is 5.41 Å². The molecule has 0 aliphatic rings. The Morgan fingerprint density at radius 1 is 1.12 bits per heavy atom. The maximum atomic E-state index is 12.8. The minimum Gasteiger partial charge on any atom is -0.272 e. The number of hydrogen-bond donors (Lipinski definition) is 0. The van der Waals surface area contributed by atoms with E-state index in [0.29, 0.717) is 17.9 Å². The van der Waals surface area contributed by atoms with Crippen molar-refractivity contribution in [1.29, 1.82) is 0 Å². The molecule has 0 radical (unpaired) electrons. The summed E-state index contributed by atoms with van der Waals surface area (Å²) in [5.41, 5.74) is 4.28. The van der Waals surface area contributed by atoms with Gasteiger partial charge in [-0.15, -0.1) is 0 Å². The molecule has 1 aromatic carbocycles. The number of benzene rings is 1. The molecule has 0 bridgehead atoms. The van der Waals surface area contributed by atoms with Crippen molar-refractivity contribution in [2.75, 3.05) is 13.6 Å². The van der Waals surface area contributed by atoms with Gasteiger partial charge >= 0.3 is 0 Å². The van der Waals surface area contributed by atoms with Crippen molar-refractivity contribution in [2.24, 2.45) is 7.05 Å². The SMILES string of the molecule is Cc1nn(C)c(C)c1CCN(C)S(=O)(=O)c1ccc(C(C)(C)C)cc1. The van der Waals surface area contributed by atoms with Gasteiger partial charge < -0.3 is 0 Å². The summed E-state index contributed by atoms with van der Waals surface area (Å²) in [5.74, 6) is 0. The Labute approximate surface area is 151 Å². The van der Waals surface area contributed by atoms with Crippen molar-refractivity contribution in [3.63, 3.8) is 0 Å². The molecule has 0 saturated heterocycles. The summed E-state index contributed by atoms with van der Waals surface area (Å²) in [6.07, 6.45) is 0.654. The lowest BCUT2D eigenvalue weighted by atomic mass is 9.87. The fourth-order valence-corrected chi connectivity index (χ4v) is 4.05. The summed E-state index contributed by atoms with van der Waals surface area (Å²) in [4.78, 5) is 0.336. The molecule has 0 aliphatic carbocycles. The third kappa shape index (κ3) is 4.12. The van der Waals surface area contributed by atoms with Crippen molar-refractivity contribution in [2.45, 2.75) is 51.3 Å². The molecule has 0 amide bonds. The topological polar surface area (TPSA) is 55.2 Å². The molecule has 2 rings (SSSR count). The summed E-state index contributed by atoms with van der Waals surface area (Å²) in [7, 11) is 0.0546. The van der Waals surface area contributed by atoms with E-state index in [1.54, 1.807) is 19.2 Å². The second kappa shape index (κ2) is 6.92. The van der Waals surface area contributed by atoms with Crippen LogP contribution in [0.5, 0.6) is 0 Å². The lowest BCUT2D eigenvalue weighted by Gasteiger charge is -2.21. The van der Waals surface area contributed by atoms with Gasteiger partial charge in [-0.3, -0.25) is 4.68 Å². The summed E-state index contributed by atoms with van der Waals surface area (Å²) in [6, 6.07) is 7.20. The van der Waals surface area contributed by atoms with Crippen LogP contribution in [0, 0.1) is 13.8 Å². The maximum Gasteiger partial charge on any atom is 0.242 e. The second-order valence-corrected chi connectivity index (χ2v) is 9.67. The smallest absolute Gasteiger partial charge is 0.242 e. The Balaban J connectivity index is 2.16. The summed E-state index contributed by atoms with van der Waals surface area (Å²) >= 11 is 0. The first kappa shape index (κ1) is 19.7. The number of aromatic nitrogens is 2. The van der Waals surface area contributed by atoms with Gasteiger partial charge in [0.1, 0.15) is 0 Å². The van der Waals surface area contributed by atoms with E-state index < -0.39 is 10.0 Å². The Morgan fingerprint density at radius 3 is 2.12 bits per heavy atom. The quantitative estimate of drug-likeness (QED) is 0.820. The van der Waals surface area contributed by atoms with Crippen molar-refractivity contribution in [1.82, 2.24) is 14.1 Å². The van der Waals surface area contributed by atoms with Crippen LogP contribution in [0.4, 0.5) is 0 Å². The Hall–Kier alpha value is -1.66. The zero-order valence-corrected chi connectivity index (χ0v) is 17.1. The number of rotatable bonds is 5. The highest BCUT2D eigenvalue weighted by atomic mass is 32.2. The van der Waals surface area contributed by atoms with Crippen molar-refractivity contribution in [3.05, 3.63) is 46.8 Å². The second-order valence-electron chi connectivity index (χ2n) is 7.62. The van der Waals surface area contributed by atoms with Gasteiger partial charge in [-0.05, 0) is 48.9 Å². The summed E-state index contributed by atoms with van der Waals surface area (Å²) in [6.45, 7) is 10.7. The third-order valence-corrected chi connectivity index (χ3v) is 6.64. The largest absolute Gasteiger partial charge is 0.272 e. The van der Waals surface area contributed by atoms with Crippen LogP contribution >= 0.6 is 0 Å². The highest BCUT2D eigenvalue weighted by molar-refractivity contribution is 7.89.